The molecule has 44 nitrogen and oxygen atoms in total. The molecule has 0 aromatic rings. The SMILES string of the molecule is B[C@H]1CC(O[P@@](C)(=O)O)[C@@H](COP(=O)(O)OCC(COCCCOP(=O)(O)OCCCCCCO[C@@H]2OC(CO)[C@H](O)C(O)[C@@H]2NC(C)=O)(COCCCOP(=O)(O)OCCCCCCO[C@@H]2OC(CO)[C@H](O)C(O)[C@@H]2NC(C)=O)COCCCOP(=O)(O)OCCCCCCO[C@@H]2OC(CO)[C@H](O)C(O)[C@@H]2NC(C)=O)O1. The molecule has 4 fully saturated rings. The Morgan fingerprint density at radius 3 is 0.955 bits per heavy atom. The summed E-state index contributed by atoms with van der Waals surface area (Å²) in [5, 5.41) is 98.4. The van der Waals surface area contributed by atoms with Gasteiger partial charge in [-0.1, -0.05) is 38.5 Å². The molecular formula is C62H121BN3O41P5. The second-order valence-electron chi connectivity index (χ2n) is 27.5. The molecule has 0 aliphatic carbocycles. The van der Waals surface area contributed by atoms with E-state index in [9.17, 15) is 108 Å². The molecule has 0 aromatic heterocycles. The van der Waals surface area contributed by atoms with E-state index in [0.717, 1.165) is 6.66 Å². The predicted molar refractivity (Wildman–Crippen MR) is 387 cm³/mol. The van der Waals surface area contributed by atoms with Crippen LogP contribution in [0.1, 0.15) is 124 Å². The molecule has 0 aromatic carbocycles. The van der Waals surface area contributed by atoms with Gasteiger partial charge in [0.1, 0.15) is 87.0 Å². The first-order chi connectivity index (χ1) is 52.9. The van der Waals surface area contributed by atoms with Crippen LogP contribution in [0.15, 0.2) is 0 Å². The highest BCUT2D eigenvalue weighted by Crippen LogP contribution is 2.49. The quantitative estimate of drug-likeness (QED) is 0.0182. The van der Waals surface area contributed by atoms with Crippen molar-refractivity contribution in [3.63, 3.8) is 0 Å². The Kier molecular flexibility index (Phi) is 48.7. The Morgan fingerprint density at radius 2 is 0.670 bits per heavy atom. The third-order valence-corrected chi connectivity index (χ3v) is 22.1. The van der Waals surface area contributed by atoms with Gasteiger partial charge in [0.2, 0.25) is 17.7 Å². The maximum Gasteiger partial charge on any atom is 0.472 e. The van der Waals surface area contributed by atoms with Crippen LogP contribution in [0.4, 0.5) is 0 Å². The first-order valence-corrected chi connectivity index (χ1v) is 45.2. The van der Waals surface area contributed by atoms with E-state index in [1.54, 1.807) is 7.85 Å². The van der Waals surface area contributed by atoms with Gasteiger partial charge in [-0.3, -0.25) is 55.1 Å². The van der Waals surface area contributed by atoms with Crippen LogP contribution in [0, 0.1) is 5.41 Å². The molecule has 0 spiro atoms. The zero-order valence-corrected chi connectivity index (χ0v) is 68.3. The third-order valence-electron chi connectivity index (χ3n) is 17.4. The Labute approximate surface area is 651 Å². The lowest BCUT2D eigenvalue weighted by molar-refractivity contribution is -0.270. The number of unbranched alkanes of at least 4 members (excludes halogenated alkanes) is 9. The molecule has 4 heterocycles. The molecule has 112 heavy (non-hydrogen) atoms. The number of amides is 3. The molecule has 4 aliphatic rings. The van der Waals surface area contributed by atoms with Crippen molar-refractivity contribution >= 4 is 64.5 Å². The molecular weight excluding hydrogens is 1610 g/mol. The smallest absolute Gasteiger partial charge is 0.394 e. The van der Waals surface area contributed by atoms with Gasteiger partial charge in [0.25, 0.3) is 0 Å². The van der Waals surface area contributed by atoms with E-state index in [4.69, 9.17) is 88.1 Å². The standard InChI is InChI=1S/C62H121BN3O41P5/c1-41(70)64-50-56(76)53(73)45(33-67)104-59(50)92-23-11-5-8-14-26-95-109(81,82)98-29-17-20-89-37-62(40-102-112(87,88)101-36-48-44(32-49(63)103-48)107-108(4,79)80,38-90-21-18-30-99-110(83,84)96-27-15-9-6-12-24-93-60-51(65-42(2)71)57(77)54(74)46(34-68)105-60)39-91-22-19-31-100-111(85,86)97-28-16-10-7-13-25-94-61-52(66-43(3)72)58(78)55(75)47(35-69)106-61/h44-61,67-69,73-78H,5-40,63H2,1-4H3,(H,64,70)(H,65,71)(H,66,72)(H,79,80)(H,81,82)(H,83,84)(H,85,86)(H,87,88)/t44?,45?,46?,47?,48-,49-,50+,51+,52+,53+,54+,55+,56?,57?,58?,59-,60-,61-,62?/m1/s1. The molecule has 0 radical (unpaired) electrons. The third kappa shape index (κ3) is 40.6. The van der Waals surface area contributed by atoms with Crippen LogP contribution < -0.4 is 16.0 Å². The maximum absolute atomic E-state index is 13.7. The van der Waals surface area contributed by atoms with E-state index >= 15 is 0 Å². The minimum atomic E-state index is -5.10. The number of aliphatic hydroxyl groups is 9. The molecule has 3 amide bonds. The number of nitrogens with one attached hydrogen (secondary N) is 3. The monoisotopic (exact) mass is 1730 g/mol. The van der Waals surface area contributed by atoms with Gasteiger partial charge in [-0.05, 0) is 64.2 Å². The van der Waals surface area contributed by atoms with Crippen molar-refractivity contribution in [3.05, 3.63) is 0 Å². The number of ether oxygens (including phenoxy) is 10. The van der Waals surface area contributed by atoms with Gasteiger partial charge in [-0.2, -0.15) is 0 Å². The number of rotatable bonds is 62. The van der Waals surface area contributed by atoms with E-state index in [1.807, 2.05) is 0 Å². The van der Waals surface area contributed by atoms with Crippen molar-refractivity contribution in [2.75, 3.05) is 139 Å². The fourth-order valence-electron chi connectivity index (χ4n) is 11.8. The number of carbonyl (C=O) groups is 3. The molecule has 23 atom stereocenters. The normalized spacial score (nSPS) is 30.3. The van der Waals surface area contributed by atoms with Gasteiger partial charge >= 0.3 is 38.9 Å². The molecule has 11 unspecified atom stereocenters. The van der Waals surface area contributed by atoms with Crippen LogP contribution >= 0.6 is 38.9 Å². The number of phosphoric ester groups is 4. The zero-order valence-electron chi connectivity index (χ0n) is 63.9. The Hall–Kier alpha value is -1.70. The van der Waals surface area contributed by atoms with E-state index in [-0.39, 0.29) is 105 Å². The highest BCUT2D eigenvalue weighted by molar-refractivity contribution is 7.52. The largest absolute Gasteiger partial charge is 0.472 e. The lowest BCUT2D eigenvalue weighted by Crippen LogP contribution is -2.64. The predicted octanol–water partition coefficient (Wildman–Crippen LogP) is -1.76. The van der Waals surface area contributed by atoms with Crippen LogP contribution in [0.3, 0.4) is 0 Å². The molecule has 4 rings (SSSR count). The second kappa shape index (κ2) is 53.2. The molecule has 0 bridgehead atoms. The van der Waals surface area contributed by atoms with Crippen molar-refractivity contribution in [2.24, 2.45) is 5.41 Å². The molecule has 4 saturated heterocycles. The fourth-order valence-corrected chi connectivity index (χ4v) is 15.7. The van der Waals surface area contributed by atoms with Crippen LogP contribution in [0.25, 0.3) is 0 Å². The van der Waals surface area contributed by atoms with Gasteiger partial charge < -0.3 is 138 Å². The maximum atomic E-state index is 13.7. The summed E-state index contributed by atoms with van der Waals surface area (Å²) in [6.07, 6.45) is -12.6. The summed E-state index contributed by atoms with van der Waals surface area (Å²) < 4.78 is 169. The summed E-state index contributed by atoms with van der Waals surface area (Å²) in [5.41, 5.74) is -1.58. The lowest BCUT2D eigenvalue weighted by atomic mass is 9.92. The van der Waals surface area contributed by atoms with Gasteiger partial charge in [-0.15, -0.1) is 0 Å². The van der Waals surface area contributed by atoms with Crippen molar-refractivity contribution in [1.29, 1.82) is 0 Å². The number of phosphoric acid groups is 4. The van der Waals surface area contributed by atoms with E-state index in [0.29, 0.717) is 77.0 Å². The van der Waals surface area contributed by atoms with Crippen molar-refractivity contribution < 1.29 is 196 Å². The topological polar surface area (TPSA) is 631 Å². The zero-order chi connectivity index (χ0) is 83.1. The van der Waals surface area contributed by atoms with Crippen LogP contribution in [-0.4, -0.2) is 345 Å². The van der Waals surface area contributed by atoms with Crippen molar-refractivity contribution in [2.45, 2.75) is 234 Å². The summed E-state index contributed by atoms with van der Waals surface area (Å²) in [4.78, 5) is 87.7. The Bertz CT molecular complexity index is 2680. The van der Waals surface area contributed by atoms with Gasteiger partial charge in [0, 0.05) is 73.1 Å². The number of aliphatic hydroxyl groups excluding tert-OH is 9. The fraction of sp³-hybridized carbons (Fsp3) is 0.952. The number of hydrogen-bond donors (Lipinski definition) is 17. The summed E-state index contributed by atoms with van der Waals surface area (Å²) in [7, 11) is -21.4. The molecule has 658 valence electrons. The van der Waals surface area contributed by atoms with Gasteiger partial charge in [0.05, 0.1) is 104 Å². The summed E-state index contributed by atoms with van der Waals surface area (Å²) in [6, 6.07) is -3.85. The molecule has 17 N–H and O–H groups in total. The highest BCUT2D eigenvalue weighted by Gasteiger charge is 2.49. The van der Waals surface area contributed by atoms with Crippen LogP contribution in [-0.2, 0) is 125 Å². The molecule has 0 saturated carbocycles. The molecule has 4 aliphatic heterocycles. The lowest BCUT2D eigenvalue weighted by Gasteiger charge is -2.42. The van der Waals surface area contributed by atoms with Gasteiger partial charge in [0.15, 0.2) is 18.9 Å². The Morgan fingerprint density at radius 1 is 0.384 bits per heavy atom. The minimum absolute atomic E-state index is 0.0418. The van der Waals surface area contributed by atoms with Gasteiger partial charge in [-0.25, -0.2) is 18.3 Å². The van der Waals surface area contributed by atoms with E-state index in [2.05, 4.69) is 16.0 Å². The summed E-state index contributed by atoms with van der Waals surface area (Å²) in [6.45, 7) is -1.95. The van der Waals surface area contributed by atoms with Crippen molar-refractivity contribution in [3.8, 4) is 0 Å². The Balaban J connectivity index is 1.34. The van der Waals surface area contributed by atoms with E-state index < -0.39 is 225 Å². The summed E-state index contributed by atoms with van der Waals surface area (Å²) in [5.74, 6) is -1.54. The average molecular weight is 1730 g/mol. The summed E-state index contributed by atoms with van der Waals surface area (Å²) >= 11 is 0. The van der Waals surface area contributed by atoms with Crippen molar-refractivity contribution in [1.82, 2.24) is 16.0 Å². The highest BCUT2D eigenvalue weighted by atomic mass is 31.2. The minimum Gasteiger partial charge on any atom is -0.394 e. The van der Waals surface area contributed by atoms with Crippen LogP contribution in [0.2, 0.25) is 0 Å². The van der Waals surface area contributed by atoms with Crippen LogP contribution in [0.5, 0.6) is 0 Å². The second-order valence-corrected chi connectivity index (χ2v) is 35.1. The first-order valence-electron chi connectivity index (χ1n) is 37.2. The average Bonchev–Trinajstić information content (AvgIpc) is 0.976. The van der Waals surface area contributed by atoms with E-state index in [1.165, 1.54) is 20.8 Å². The molecule has 50 heteroatoms. The number of carbonyl (C=O) groups excluding carboxylic acids is 3. The first kappa shape index (κ1) is 103. The number of hydrogen-bond acceptors (Lipinski definition) is 36.